The average molecular weight is 624 g/mol. The standard InChI is InChI=1S/C32H32F3N5O5/c33-32(34,35)22-7-4-8-23(17-22)40-14-10-25-27(40)36-20-39(29(25)42)19-31(45)11-15-37(16-12-31)28(41)24-9-13-38(30(43)44)18-26(24)21-5-2-1-3-6-21/h1-8,10,14,17,20,24,26,45H,9,11-13,15-16,18-19H2,(H,43,44)/t24-,26+/m1/s1. The number of fused-ring (bicyclic) bond motifs is 1. The molecule has 4 heterocycles. The Morgan fingerprint density at radius 2 is 1.71 bits per heavy atom. The number of halogens is 3. The van der Waals surface area contributed by atoms with Crippen LogP contribution in [0.1, 0.15) is 36.3 Å². The second-order valence-corrected chi connectivity index (χ2v) is 11.8. The molecule has 2 fully saturated rings. The number of amides is 2. The molecule has 6 rings (SSSR count). The van der Waals surface area contributed by atoms with Gasteiger partial charge in [0, 0.05) is 49.9 Å². The zero-order valence-corrected chi connectivity index (χ0v) is 24.2. The number of aliphatic hydroxyl groups is 1. The molecule has 0 radical (unpaired) electrons. The number of hydrogen-bond acceptors (Lipinski definition) is 5. The highest BCUT2D eigenvalue weighted by Gasteiger charge is 2.41. The molecule has 2 N–H and O–H groups in total. The van der Waals surface area contributed by atoms with Gasteiger partial charge in [0.05, 0.1) is 23.1 Å². The Bertz CT molecular complexity index is 1780. The summed E-state index contributed by atoms with van der Waals surface area (Å²) in [6.07, 6.45) is -1.92. The van der Waals surface area contributed by atoms with Crippen LogP contribution in [0.5, 0.6) is 0 Å². The maximum Gasteiger partial charge on any atom is 0.416 e. The van der Waals surface area contributed by atoms with Crippen LogP contribution in [0.4, 0.5) is 18.0 Å². The molecule has 2 aromatic carbocycles. The van der Waals surface area contributed by atoms with Crippen LogP contribution in [0.15, 0.2) is 78.0 Å². The summed E-state index contributed by atoms with van der Waals surface area (Å²) in [7, 11) is 0. The monoisotopic (exact) mass is 623 g/mol. The SMILES string of the molecule is O=C(O)N1CC[C@@H](C(=O)N2CCC(O)(Cn3cnc4c(ccn4-c4cccc(C(F)(F)F)c4)c3=O)CC2)[C@H](c2ccccc2)C1. The van der Waals surface area contributed by atoms with Crippen LogP contribution < -0.4 is 5.56 Å². The number of nitrogens with zero attached hydrogens (tertiary/aromatic N) is 5. The number of aromatic nitrogens is 3. The molecule has 0 saturated carbocycles. The third-order valence-corrected chi connectivity index (χ3v) is 9.02. The molecule has 4 aromatic rings. The van der Waals surface area contributed by atoms with Gasteiger partial charge in [0.25, 0.3) is 5.56 Å². The third kappa shape index (κ3) is 6.04. The third-order valence-electron chi connectivity index (χ3n) is 9.02. The van der Waals surface area contributed by atoms with Crippen LogP contribution in [-0.2, 0) is 17.5 Å². The van der Waals surface area contributed by atoms with E-state index in [0.29, 0.717) is 6.42 Å². The van der Waals surface area contributed by atoms with Crippen molar-refractivity contribution in [2.75, 3.05) is 26.2 Å². The van der Waals surface area contributed by atoms with E-state index in [2.05, 4.69) is 4.98 Å². The van der Waals surface area contributed by atoms with Gasteiger partial charge in [-0.05, 0) is 49.1 Å². The number of carboxylic acid groups (broad SMARTS) is 1. The molecule has 0 spiro atoms. The van der Waals surface area contributed by atoms with Gasteiger partial charge in [-0.15, -0.1) is 0 Å². The molecule has 13 heteroatoms. The van der Waals surface area contributed by atoms with Gasteiger partial charge in [-0.2, -0.15) is 13.2 Å². The van der Waals surface area contributed by atoms with E-state index in [9.17, 15) is 37.8 Å². The lowest BCUT2D eigenvalue weighted by atomic mass is 9.79. The van der Waals surface area contributed by atoms with Gasteiger partial charge in [-0.3, -0.25) is 14.2 Å². The molecule has 2 saturated heterocycles. The van der Waals surface area contributed by atoms with Gasteiger partial charge in [0.1, 0.15) is 6.33 Å². The number of carbonyl (C=O) groups is 2. The number of hydrogen-bond donors (Lipinski definition) is 2. The predicted octanol–water partition coefficient (Wildman–Crippen LogP) is 4.34. The first-order valence-electron chi connectivity index (χ1n) is 14.7. The number of carbonyl (C=O) groups excluding carboxylic acids is 1. The van der Waals surface area contributed by atoms with Crippen LogP contribution in [0.2, 0.25) is 0 Å². The molecule has 2 amide bonds. The number of alkyl halides is 3. The molecule has 0 aliphatic carbocycles. The van der Waals surface area contributed by atoms with Crippen molar-refractivity contribution in [1.82, 2.24) is 23.9 Å². The van der Waals surface area contributed by atoms with Crippen LogP contribution in [-0.4, -0.2) is 77.9 Å². The lowest BCUT2D eigenvalue weighted by Gasteiger charge is -2.42. The van der Waals surface area contributed by atoms with Crippen molar-refractivity contribution in [3.63, 3.8) is 0 Å². The van der Waals surface area contributed by atoms with Crippen molar-refractivity contribution in [2.24, 2.45) is 5.92 Å². The van der Waals surface area contributed by atoms with Crippen molar-refractivity contribution in [2.45, 2.75) is 43.5 Å². The minimum Gasteiger partial charge on any atom is -0.465 e. The van der Waals surface area contributed by atoms with E-state index in [4.69, 9.17) is 0 Å². The number of piperidine rings is 2. The van der Waals surface area contributed by atoms with Crippen molar-refractivity contribution in [3.8, 4) is 5.69 Å². The van der Waals surface area contributed by atoms with Crippen molar-refractivity contribution < 1.29 is 33.0 Å². The summed E-state index contributed by atoms with van der Waals surface area (Å²) in [4.78, 5) is 46.2. The Morgan fingerprint density at radius 3 is 2.40 bits per heavy atom. The van der Waals surface area contributed by atoms with Crippen LogP contribution in [0.25, 0.3) is 16.7 Å². The summed E-state index contributed by atoms with van der Waals surface area (Å²) in [5.74, 6) is -0.764. The first-order valence-corrected chi connectivity index (χ1v) is 14.7. The highest BCUT2D eigenvalue weighted by atomic mass is 19.4. The highest BCUT2D eigenvalue weighted by molar-refractivity contribution is 5.81. The summed E-state index contributed by atoms with van der Waals surface area (Å²) < 4.78 is 42.4. The molecule has 0 bridgehead atoms. The van der Waals surface area contributed by atoms with E-state index >= 15 is 0 Å². The molecule has 2 aliphatic heterocycles. The van der Waals surface area contributed by atoms with E-state index in [1.165, 1.54) is 44.8 Å². The zero-order valence-electron chi connectivity index (χ0n) is 24.2. The quantitative estimate of drug-likeness (QED) is 0.341. The molecule has 10 nitrogen and oxygen atoms in total. The van der Waals surface area contributed by atoms with Gasteiger partial charge in [-0.25, -0.2) is 9.78 Å². The summed E-state index contributed by atoms with van der Waals surface area (Å²) in [6.45, 7) is 0.968. The van der Waals surface area contributed by atoms with Gasteiger partial charge in [-0.1, -0.05) is 36.4 Å². The maximum atomic E-state index is 13.7. The van der Waals surface area contributed by atoms with Crippen molar-refractivity contribution in [3.05, 3.63) is 94.7 Å². The van der Waals surface area contributed by atoms with E-state index in [-0.39, 0.29) is 74.1 Å². The number of rotatable bonds is 5. The topological polar surface area (TPSA) is 121 Å². The smallest absolute Gasteiger partial charge is 0.416 e. The Morgan fingerprint density at radius 1 is 0.978 bits per heavy atom. The van der Waals surface area contributed by atoms with Crippen LogP contribution in [0.3, 0.4) is 0 Å². The lowest BCUT2D eigenvalue weighted by Crippen LogP contribution is -2.53. The normalized spacial score (nSPS) is 20.4. The predicted molar refractivity (Wildman–Crippen MR) is 158 cm³/mol. The first-order chi connectivity index (χ1) is 21.4. The molecule has 45 heavy (non-hydrogen) atoms. The molecule has 0 unspecified atom stereocenters. The Labute approximate surface area is 255 Å². The van der Waals surface area contributed by atoms with E-state index in [1.807, 2.05) is 30.3 Å². The second-order valence-electron chi connectivity index (χ2n) is 11.8. The lowest BCUT2D eigenvalue weighted by molar-refractivity contribution is -0.142. The van der Waals surface area contributed by atoms with Crippen LogP contribution in [0, 0.1) is 5.92 Å². The highest BCUT2D eigenvalue weighted by Crippen LogP contribution is 2.36. The summed E-state index contributed by atoms with van der Waals surface area (Å²) in [6, 6.07) is 15.7. The molecule has 236 valence electrons. The summed E-state index contributed by atoms with van der Waals surface area (Å²) in [5.41, 5.74) is -1.23. The van der Waals surface area contributed by atoms with Gasteiger partial charge < -0.3 is 24.6 Å². The molecular formula is C32H32F3N5O5. The van der Waals surface area contributed by atoms with E-state index < -0.39 is 34.9 Å². The second kappa shape index (κ2) is 11.7. The molecule has 2 aliphatic rings. The molecule has 2 aromatic heterocycles. The van der Waals surface area contributed by atoms with E-state index in [0.717, 1.165) is 17.7 Å². The molecular weight excluding hydrogens is 591 g/mol. The Kier molecular flexibility index (Phi) is 7.89. The fraction of sp³-hybridized carbons (Fsp3) is 0.375. The van der Waals surface area contributed by atoms with E-state index in [1.54, 1.807) is 4.90 Å². The van der Waals surface area contributed by atoms with Gasteiger partial charge in [0.15, 0.2) is 5.65 Å². The largest absolute Gasteiger partial charge is 0.465 e. The fourth-order valence-corrected chi connectivity index (χ4v) is 6.52. The fourth-order valence-electron chi connectivity index (χ4n) is 6.52. The first kappa shape index (κ1) is 30.4. The molecule has 2 atom stereocenters. The van der Waals surface area contributed by atoms with Crippen molar-refractivity contribution >= 4 is 23.0 Å². The number of benzene rings is 2. The summed E-state index contributed by atoms with van der Waals surface area (Å²) >= 11 is 0. The van der Waals surface area contributed by atoms with Crippen LogP contribution >= 0.6 is 0 Å². The maximum absolute atomic E-state index is 13.7. The van der Waals surface area contributed by atoms with Gasteiger partial charge in [0.2, 0.25) is 5.91 Å². The van der Waals surface area contributed by atoms with Gasteiger partial charge >= 0.3 is 12.3 Å². The Hall–Kier alpha value is -4.65. The Balaban J connectivity index is 1.15. The zero-order chi connectivity index (χ0) is 31.9. The summed E-state index contributed by atoms with van der Waals surface area (Å²) in [5, 5.41) is 21.2. The number of likely N-dealkylation sites (tertiary alicyclic amines) is 2. The minimum absolute atomic E-state index is 0.0603. The van der Waals surface area contributed by atoms with Crippen molar-refractivity contribution in [1.29, 1.82) is 0 Å². The average Bonchev–Trinajstić information content (AvgIpc) is 3.47. The minimum atomic E-state index is -4.52.